The molecule has 0 spiro atoms. The average molecular weight is 529 g/mol. The SMILES string of the molecule is CC[C@@H](C(=O)NC(C)C)N(CCc1ccccc1)C(=O)CN(c1cccc(Cl)c1Cl)S(C)(=O)=O. The van der Waals surface area contributed by atoms with E-state index in [1.165, 1.54) is 17.0 Å². The van der Waals surface area contributed by atoms with Crippen LogP contribution >= 0.6 is 23.2 Å². The minimum Gasteiger partial charge on any atom is -0.352 e. The third kappa shape index (κ3) is 7.61. The summed E-state index contributed by atoms with van der Waals surface area (Å²) in [7, 11) is -3.88. The van der Waals surface area contributed by atoms with Gasteiger partial charge in [-0.2, -0.15) is 0 Å². The van der Waals surface area contributed by atoms with Gasteiger partial charge in [0, 0.05) is 12.6 Å². The molecule has 0 fully saturated rings. The monoisotopic (exact) mass is 527 g/mol. The van der Waals surface area contributed by atoms with Gasteiger partial charge in [0.15, 0.2) is 0 Å². The highest BCUT2D eigenvalue weighted by molar-refractivity contribution is 7.92. The second-order valence-electron chi connectivity index (χ2n) is 8.25. The maximum absolute atomic E-state index is 13.5. The fraction of sp³-hybridized carbons (Fsp3) is 0.417. The molecule has 2 aromatic carbocycles. The highest BCUT2D eigenvalue weighted by Crippen LogP contribution is 2.33. The second kappa shape index (κ2) is 12.4. The first-order valence-electron chi connectivity index (χ1n) is 11.0. The lowest BCUT2D eigenvalue weighted by Gasteiger charge is -2.33. The molecule has 0 unspecified atom stereocenters. The van der Waals surface area contributed by atoms with Crippen LogP contribution in [0.25, 0.3) is 0 Å². The normalized spacial score (nSPS) is 12.3. The molecule has 2 aromatic rings. The van der Waals surface area contributed by atoms with Gasteiger partial charge in [0.1, 0.15) is 12.6 Å². The maximum atomic E-state index is 13.5. The number of carbonyl (C=O) groups is 2. The van der Waals surface area contributed by atoms with Crippen molar-refractivity contribution in [1.82, 2.24) is 10.2 Å². The Kier molecular flexibility index (Phi) is 10.2. The van der Waals surface area contributed by atoms with Gasteiger partial charge >= 0.3 is 0 Å². The Hall–Kier alpha value is -2.29. The van der Waals surface area contributed by atoms with Gasteiger partial charge < -0.3 is 10.2 Å². The van der Waals surface area contributed by atoms with Gasteiger partial charge in [-0.25, -0.2) is 8.42 Å². The Morgan fingerprint density at radius 1 is 1.03 bits per heavy atom. The van der Waals surface area contributed by atoms with Gasteiger partial charge in [0.2, 0.25) is 21.8 Å². The van der Waals surface area contributed by atoms with E-state index in [0.29, 0.717) is 12.8 Å². The van der Waals surface area contributed by atoms with Crippen LogP contribution in [0.2, 0.25) is 10.0 Å². The van der Waals surface area contributed by atoms with Crippen molar-refractivity contribution >= 4 is 50.7 Å². The molecule has 0 bridgehead atoms. The molecule has 0 aliphatic carbocycles. The average Bonchev–Trinajstić information content (AvgIpc) is 2.76. The zero-order chi connectivity index (χ0) is 25.5. The molecule has 0 aromatic heterocycles. The van der Waals surface area contributed by atoms with E-state index in [1.54, 1.807) is 6.07 Å². The summed E-state index contributed by atoms with van der Waals surface area (Å²) in [5.74, 6) is -0.797. The number of benzene rings is 2. The smallest absolute Gasteiger partial charge is 0.244 e. The molecular formula is C24H31Cl2N3O4S. The Morgan fingerprint density at radius 2 is 1.68 bits per heavy atom. The van der Waals surface area contributed by atoms with Crippen molar-refractivity contribution in [3.63, 3.8) is 0 Å². The van der Waals surface area contributed by atoms with Crippen LogP contribution in [-0.4, -0.2) is 56.6 Å². The van der Waals surface area contributed by atoms with E-state index in [1.807, 2.05) is 51.1 Å². The van der Waals surface area contributed by atoms with E-state index in [-0.39, 0.29) is 34.2 Å². The van der Waals surface area contributed by atoms with E-state index in [2.05, 4.69) is 5.32 Å². The van der Waals surface area contributed by atoms with Crippen LogP contribution in [-0.2, 0) is 26.0 Å². The number of carbonyl (C=O) groups excluding carboxylic acids is 2. The zero-order valence-corrected chi connectivity index (χ0v) is 22.1. The molecule has 0 aliphatic rings. The summed E-state index contributed by atoms with van der Waals surface area (Å²) < 4.78 is 26.2. The van der Waals surface area contributed by atoms with Gasteiger partial charge in [-0.05, 0) is 44.4 Å². The Morgan fingerprint density at radius 3 is 2.24 bits per heavy atom. The van der Waals surface area contributed by atoms with Crippen molar-refractivity contribution in [2.24, 2.45) is 0 Å². The van der Waals surface area contributed by atoms with Gasteiger partial charge in [-0.15, -0.1) is 0 Å². The van der Waals surface area contributed by atoms with Gasteiger partial charge in [-0.3, -0.25) is 13.9 Å². The van der Waals surface area contributed by atoms with Crippen molar-refractivity contribution in [1.29, 1.82) is 0 Å². The lowest BCUT2D eigenvalue weighted by molar-refractivity contribution is -0.139. The van der Waals surface area contributed by atoms with Crippen LogP contribution in [0.1, 0.15) is 32.8 Å². The summed E-state index contributed by atoms with van der Waals surface area (Å²) in [6.45, 7) is 5.23. The first kappa shape index (κ1) is 28.0. The third-order valence-electron chi connectivity index (χ3n) is 5.18. The molecule has 0 saturated heterocycles. The molecule has 186 valence electrons. The van der Waals surface area contributed by atoms with Gasteiger partial charge in [-0.1, -0.05) is 66.5 Å². The van der Waals surface area contributed by atoms with Crippen LogP contribution in [0.3, 0.4) is 0 Å². The van der Waals surface area contributed by atoms with Crippen molar-refractivity contribution in [2.75, 3.05) is 23.7 Å². The number of amides is 2. The highest BCUT2D eigenvalue weighted by atomic mass is 35.5. The summed E-state index contributed by atoms with van der Waals surface area (Å²) in [4.78, 5) is 27.9. The molecule has 1 atom stereocenters. The van der Waals surface area contributed by atoms with Gasteiger partial charge in [0.25, 0.3) is 0 Å². The summed E-state index contributed by atoms with van der Waals surface area (Å²) in [6.07, 6.45) is 1.87. The molecule has 1 N–H and O–H groups in total. The lowest BCUT2D eigenvalue weighted by atomic mass is 10.1. The van der Waals surface area contributed by atoms with E-state index in [4.69, 9.17) is 23.2 Å². The predicted molar refractivity (Wildman–Crippen MR) is 138 cm³/mol. The first-order valence-corrected chi connectivity index (χ1v) is 13.6. The topological polar surface area (TPSA) is 86.8 Å². The molecule has 2 rings (SSSR count). The standard InChI is InChI=1S/C24H31Cl2N3O4S/c1-5-20(24(31)27-17(2)3)28(15-14-18-10-7-6-8-11-18)22(30)16-29(34(4,32)33)21-13-9-12-19(25)23(21)26/h6-13,17,20H,5,14-16H2,1-4H3,(H,27,31)/t20-/m0/s1. The molecule has 10 heteroatoms. The van der Waals surface area contributed by atoms with Crippen molar-refractivity contribution < 1.29 is 18.0 Å². The van der Waals surface area contributed by atoms with E-state index in [9.17, 15) is 18.0 Å². The number of rotatable bonds is 11. The van der Waals surface area contributed by atoms with E-state index >= 15 is 0 Å². The number of anilines is 1. The fourth-order valence-electron chi connectivity index (χ4n) is 3.56. The van der Waals surface area contributed by atoms with Crippen LogP contribution < -0.4 is 9.62 Å². The largest absolute Gasteiger partial charge is 0.352 e. The minimum atomic E-state index is -3.88. The first-order chi connectivity index (χ1) is 16.0. The number of halogens is 2. The number of nitrogens with zero attached hydrogens (tertiary/aromatic N) is 2. The molecule has 0 saturated carbocycles. The molecule has 0 radical (unpaired) electrons. The summed E-state index contributed by atoms with van der Waals surface area (Å²) in [5.41, 5.74) is 1.10. The summed E-state index contributed by atoms with van der Waals surface area (Å²) in [5, 5.41) is 3.06. The van der Waals surface area contributed by atoms with Crippen molar-refractivity contribution in [3.05, 3.63) is 64.1 Å². The molecule has 0 aliphatic heterocycles. The molecule has 0 heterocycles. The highest BCUT2D eigenvalue weighted by Gasteiger charge is 2.32. The molecule has 34 heavy (non-hydrogen) atoms. The number of hydrogen-bond acceptors (Lipinski definition) is 4. The quantitative estimate of drug-likeness (QED) is 0.475. The van der Waals surface area contributed by atoms with Crippen molar-refractivity contribution in [2.45, 2.75) is 45.7 Å². The Bertz CT molecular complexity index is 1090. The zero-order valence-electron chi connectivity index (χ0n) is 19.8. The van der Waals surface area contributed by atoms with Crippen molar-refractivity contribution in [3.8, 4) is 0 Å². The molecule has 7 nitrogen and oxygen atoms in total. The minimum absolute atomic E-state index is 0.0304. The van der Waals surface area contributed by atoms with E-state index in [0.717, 1.165) is 16.1 Å². The lowest BCUT2D eigenvalue weighted by Crippen LogP contribution is -2.54. The van der Waals surface area contributed by atoms with Crippen LogP contribution in [0.15, 0.2) is 48.5 Å². The number of nitrogens with one attached hydrogen (secondary N) is 1. The summed E-state index contributed by atoms with van der Waals surface area (Å²) >= 11 is 12.4. The molecule has 2 amide bonds. The predicted octanol–water partition coefficient (Wildman–Crippen LogP) is 4.13. The number of hydrogen-bond donors (Lipinski definition) is 1. The molecular weight excluding hydrogens is 497 g/mol. The fourth-order valence-corrected chi connectivity index (χ4v) is 4.86. The Balaban J connectivity index is 2.40. The number of sulfonamides is 1. The maximum Gasteiger partial charge on any atom is 0.244 e. The van der Waals surface area contributed by atoms with Crippen LogP contribution in [0, 0.1) is 0 Å². The third-order valence-corrected chi connectivity index (χ3v) is 7.12. The van der Waals surface area contributed by atoms with Crippen LogP contribution in [0.5, 0.6) is 0 Å². The van der Waals surface area contributed by atoms with Crippen LogP contribution in [0.4, 0.5) is 5.69 Å². The van der Waals surface area contributed by atoms with E-state index < -0.39 is 28.5 Å². The van der Waals surface area contributed by atoms with Gasteiger partial charge in [0.05, 0.1) is 22.0 Å². The second-order valence-corrected chi connectivity index (χ2v) is 10.9. The Labute approximate surface area is 212 Å². The summed E-state index contributed by atoms with van der Waals surface area (Å²) in [6, 6.07) is 13.3.